The van der Waals surface area contributed by atoms with Crippen LogP contribution in [-0.2, 0) is 21.7 Å². The van der Waals surface area contributed by atoms with Gasteiger partial charge in [-0.3, -0.25) is 0 Å². The number of nitrogens with zero attached hydrogens (tertiary/aromatic N) is 2. The van der Waals surface area contributed by atoms with Crippen LogP contribution in [0.4, 0.5) is 0 Å². The Morgan fingerprint density at radius 3 is 0.838 bits per heavy atom. The largest absolute Gasteiger partial charge is 1.00 e. The summed E-state index contributed by atoms with van der Waals surface area (Å²) in [5.74, 6) is 0. The fourth-order valence-corrected chi connectivity index (χ4v) is 5.30. The molecule has 5 heteroatoms. The summed E-state index contributed by atoms with van der Waals surface area (Å²) in [6.45, 7) is 18.2. The first-order valence-corrected chi connectivity index (χ1v) is 12.4. The van der Waals surface area contributed by atoms with Crippen molar-refractivity contribution in [3.05, 3.63) is 118 Å². The average molecular weight is 757 g/mol. The number of hydrogen-bond acceptors (Lipinski definition) is 0. The van der Waals surface area contributed by atoms with E-state index in [0.29, 0.717) is 0 Å². The summed E-state index contributed by atoms with van der Waals surface area (Å²) in [5.41, 5.74) is 8.76. The summed E-state index contributed by atoms with van der Waals surface area (Å²) in [7, 11) is 0. The van der Waals surface area contributed by atoms with Crippen molar-refractivity contribution in [2.75, 3.05) is 0 Å². The van der Waals surface area contributed by atoms with E-state index >= 15 is 0 Å². The standard InChI is InChI=1S/C32H36N2.2ClH.Np/c1-29(2)21-11-9-12-22(19-21)30(3,4)27-17-18-28(34-27)32(7,8)24-14-10-13-23(20-24)31(5,6)26-16-15-25(29)33-26;;;/h9-20H,1-8H3;2*1H;/q-2;;;/p-2. The first-order chi connectivity index (χ1) is 15.8. The van der Waals surface area contributed by atoms with Crippen LogP contribution in [0.5, 0.6) is 0 Å². The Morgan fingerprint density at radius 2 is 0.622 bits per heavy atom. The number of fused-ring (bicyclic) bond motifs is 8. The summed E-state index contributed by atoms with van der Waals surface area (Å²) in [6.07, 6.45) is 0. The van der Waals surface area contributed by atoms with Gasteiger partial charge in [-0.2, -0.15) is 0 Å². The molecule has 2 aromatic heterocycles. The van der Waals surface area contributed by atoms with Gasteiger partial charge in [0.2, 0.25) is 0 Å². The minimum Gasteiger partial charge on any atom is -1.00 e. The molecule has 0 saturated heterocycles. The molecule has 0 unspecified atom stereocenters. The molecule has 0 N–H and O–H groups in total. The molecule has 0 aliphatic carbocycles. The zero-order valence-corrected chi connectivity index (χ0v) is 28.3. The topological polar surface area (TPSA) is 28.2 Å². The van der Waals surface area contributed by atoms with Gasteiger partial charge in [-0.1, -0.05) is 128 Å². The van der Waals surface area contributed by atoms with Crippen molar-refractivity contribution in [3.63, 3.8) is 0 Å². The van der Waals surface area contributed by atoms with E-state index in [4.69, 9.17) is 9.97 Å². The Labute approximate surface area is 257 Å². The third-order valence-corrected chi connectivity index (χ3v) is 8.45. The number of hydrogen-bond donors (Lipinski definition) is 0. The first kappa shape index (κ1) is 31.8. The zero-order chi connectivity index (χ0) is 24.5. The van der Waals surface area contributed by atoms with Gasteiger partial charge in [-0.25, -0.2) is 0 Å². The van der Waals surface area contributed by atoms with Gasteiger partial charge in [0.1, 0.15) is 0 Å². The van der Waals surface area contributed by atoms with Gasteiger partial charge in [-0.15, -0.1) is 22.8 Å². The summed E-state index contributed by atoms with van der Waals surface area (Å²) in [6, 6.07) is 26.9. The minimum absolute atomic E-state index is 0. The molecule has 1 radical (unpaired) electrons. The van der Waals surface area contributed by atoms with Crippen molar-refractivity contribution in [1.29, 1.82) is 0 Å². The quantitative estimate of drug-likeness (QED) is 0.271. The van der Waals surface area contributed by atoms with Crippen LogP contribution in [0, 0.1) is 29.9 Å². The molecule has 0 spiro atoms. The molecule has 2 aromatic carbocycles. The van der Waals surface area contributed by atoms with Crippen molar-refractivity contribution in [2.24, 2.45) is 0 Å². The molecule has 8 bridgehead atoms. The summed E-state index contributed by atoms with van der Waals surface area (Å²) < 4.78 is 0. The van der Waals surface area contributed by atoms with E-state index < -0.39 is 0 Å². The third kappa shape index (κ3) is 5.14. The number of benzene rings is 2. The SMILES string of the molecule is CC1(C)c2cccc(c2)C(C)(C)c2ccc([n-]2)C(C)(C)c2cccc(c2)C(C)(C)c2ccc1[n-]2.[Cl-].[Cl-].[Np]. The van der Waals surface area contributed by atoms with Crippen molar-refractivity contribution in [3.8, 4) is 0 Å². The van der Waals surface area contributed by atoms with Crippen LogP contribution < -0.4 is 34.8 Å². The van der Waals surface area contributed by atoms with Gasteiger partial charge < -0.3 is 34.8 Å². The second-order valence-corrected chi connectivity index (χ2v) is 12.1. The van der Waals surface area contributed by atoms with Crippen LogP contribution in [0.15, 0.2) is 72.8 Å². The normalized spacial score (nSPS) is 17.9. The van der Waals surface area contributed by atoms with E-state index in [9.17, 15) is 0 Å². The Morgan fingerprint density at radius 1 is 0.405 bits per heavy atom. The van der Waals surface area contributed by atoms with E-state index in [2.05, 4.69) is 128 Å². The average Bonchev–Trinajstić information content (AvgIpc) is 3.50. The Bertz CT molecular complexity index is 1180. The molecule has 0 amide bonds. The molecule has 197 valence electrons. The van der Waals surface area contributed by atoms with Crippen molar-refractivity contribution < 1.29 is 54.8 Å². The maximum absolute atomic E-state index is 5.23. The van der Waals surface area contributed by atoms with Gasteiger partial charge in [0, 0.05) is 29.9 Å². The van der Waals surface area contributed by atoms with Crippen LogP contribution in [-0.4, -0.2) is 0 Å². The van der Waals surface area contributed by atoms with E-state index in [-0.39, 0.29) is 76.4 Å². The van der Waals surface area contributed by atoms with Gasteiger partial charge >= 0.3 is 0 Å². The van der Waals surface area contributed by atoms with Crippen LogP contribution >= 0.6 is 0 Å². The fourth-order valence-electron chi connectivity index (χ4n) is 5.30. The zero-order valence-electron chi connectivity index (χ0n) is 23.0. The van der Waals surface area contributed by atoms with Gasteiger partial charge in [-0.05, 0) is 43.9 Å². The maximum Gasteiger partial charge on any atom is 0 e. The smallest absolute Gasteiger partial charge is 0 e. The first-order valence-electron chi connectivity index (χ1n) is 12.4. The number of halogens is 2. The molecule has 3 heterocycles. The Hall–Kier alpha value is -1.41. The summed E-state index contributed by atoms with van der Waals surface area (Å²) in [4.78, 5) is 10.5. The molecular weight excluding hydrogens is 720 g/mol. The molecule has 4 aromatic rings. The Balaban J connectivity index is 0.00000160. The monoisotopic (exact) mass is 754 g/mol. The Kier molecular flexibility index (Phi) is 9.14. The second kappa shape index (κ2) is 10.6. The molecule has 5 rings (SSSR count). The molecule has 0 fully saturated rings. The molecule has 1 aliphatic heterocycles. The predicted molar refractivity (Wildman–Crippen MR) is 141 cm³/mol. The fraction of sp³-hybridized carbons (Fsp3) is 0.375. The molecule has 37 heavy (non-hydrogen) atoms. The maximum atomic E-state index is 5.23. The van der Waals surface area contributed by atoms with E-state index in [1.54, 1.807) is 0 Å². The number of aromatic nitrogens is 2. The second-order valence-electron chi connectivity index (χ2n) is 12.1. The summed E-state index contributed by atoms with van der Waals surface area (Å²) in [5, 5.41) is 0. The third-order valence-electron chi connectivity index (χ3n) is 8.45. The van der Waals surface area contributed by atoms with Crippen molar-refractivity contribution in [2.45, 2.75) is 77.0 Å². The number of rotatable bonds is 0. The van der Waals surface area contributed by atoms with Crippen molar-refractivity contribution >= 4 is 0 Å². The molecule has 2 nitrogen and oxygen atoms in total. The van der Waals surface area contributed by atoms with E-state index in [1.165, 1.54) is 22.3 Å². The van der Waals surface area contributed by atoms with Crippen molar-refractivity contribution in [1.82, 2.24) is 9.97 Å². The minimum atomic E-state index is -0.202. The van der Waals surface area contributed by atoms with Gasteiger partial charge in [0.15, 0.2) is 0 Å². The molecular formula is C32H36Cl2N2Np-4. The van der Waals surface area contributed by atoms with E-state index in [1.807, 2.05) is 0 Å². The van der Waals surface area contributed by atoms with Crippen LogP contribution in [0.1, 0.15) is 100 Å². The van der Waals surface area contributed by atoms with Gasteiger partial charge in [0.25, 0.3) is 0 Å². The van der Waals surface area contributed by atoms with Crippen LogP contribution in [0.25, 0.3) is 0 Å². The predicted octanol–water partition coefficient (Wildman–Crippen LogP) is 1.23. The van der Waals surface area contributed by atoms with Crippen LogP contribution in [0.3, 0.4) is 0 Å². The summed E-state index contributed by atoms with van der Waals surface area (Å²) >= 11 is 0. The molecule has 0 saturated carbocycles. The van der Waals surface area contributed by atoms with Gasteiger partial charge in [0.05, 0.1) is 0 Å². The van der Waals surface area contributed by atoms with Crippen LogP contribution in [0.2, 0.25) is 0 Å². The van der Waals surface area contributed by atoms with E-state index in [0.717, 1.165) is 22.8 Å². The molecule has 0 atom stereocenters. The molecule has 1 aliphatic rings.